The third-order valence-corrected chi connectivity index (χ3v) is 6.19. The molecule has 0 heterocycles. The van der Waals surface area contributed by atoms with Crippen molar-refractivity contribution in [1.82, 2.24) is 0 Å². The highest BCUT2D eigenvalue weighted by Gasteiger charge is 2.34. The predicted octanol–water partition coefficient (Wildman–Crippen LogP) is 4.31. The molecule has 1 aliphatic rings. The van der Waals surface area contributed by atoms with Gasteiger partial charge >= 0.3 is 0 Å². The third-order valence-electron chi connectivity index (χ3n) is 4.91. The summed E-state index contributed by atoms with van der Waals surface area (Å²) in [5.74, 6) is 0.749. The maximum Gasteiger partial charge on any atom is 0.296 e. The highest BCUT2D eigenvalue weighted by atomic mass is 32.2. The second-order valence-electron chi connectivity index (χ2n) is 6.57. The molecule has 0 radical (unpaired) electrons. The van der Waals surface area contributed by atoms with Crippen LogP contribution in [0.25, 0.3) is 0 Å². The van der Waals surface area contributed by atoms with Crippen LogP contribution in [-0.4, -0.2) is 15.0 Å². The summed E-state index contributed by atoms with van der Waals surface area (Å²) in [5.41, 5.74) is 1.07. The molecule has 1 aromatic rings. The summed E-state index contributed by atoms with van der Waals surface area (Å²) in [4.78, 5) is 0.253. The quantitative estimate of drug-likeness (QED) is 0.761. The van der Waals surface area contributed by atoms with E-state index in [2.05, 4.69) is 13.8 Å². The van der Waals surface area contributed by atoms with E-state index in [0.29, 0.717) is 6.61 Å². The minimum Gasteiger partial charge on any atom is -0.266 e. The van der Waals surface area contributed by atoms with Crippen LogP contribution in [0.1, 0.15) is 51.5 Å². The lowest BCUT2D eigenvalue weighted by Gasteiger charge is -2.38. The van der Waals surface area contributed by atoms with Crippen LogP contribution in [0.4, 0.5) is 0 Å². The minimum atomic E-state index is -3.64. The van der Waals surface area contributed by atoms with E-state index in [4.69, 9.17) is 4.18 Å². The van der Waals surface area contributed by atoms with Crippen molar-refractivity contribution >= 4 is 10.1 Å². The zero-order valence-corrected chi connectivity index (χ0v) is 14.1. The second-order valence-corrected chi connectivity index (χ2v) is 8.18. The van der Waals surface area contributed by atoms with Gasteiger partial charge in [-0.2, -0.15) is 8.42 Å². The van der Waals surface area contributed by atoms with Crippen molar-refractivity contribution in [2.75, 3.05) is 6.61 Å². The Hall–Kier alpha value is -0.870. The van der Waals surface area contributed by atoms with Crippen molar-refractivity contribution in [2.45, 2.75) is 57.8 Å². The fourth-order valence-corrected chi connectivity index (χ4v) is 3.96. The molecule has 1 saturated carbocycles. The summed E-state index contributed by atoms with van der Waals surface area (Å²) in [7, 11) is -3.64. The van der Waals surface area contributed by atoms with Gasteiger partial charge in [-0.05, 0) is 49.7 Å². The van der Waals surface area contributed by atoms with Gasteiger partial charge in [0.25, 0.3) is 10.1 Å². The van der Waals surface area contributed by atoms with E-state index in [-0.39, 0.29) is 10.3 Å². The molecular formula is C17H26O3S. The molecule has 21 heavy (non-hydrogen) atoms. The van der Waals surface area contributed by atoms with Gasteiger partial charge in [0.05, 0.1) is 11.5 Å². The second kappa shape index (κ2) is 6.49. The maximum absolute atomic E-state index is 12.3. The van der Waals surface area contributed by atoms with Gasteiger partial charge in [0.1, 0.15) is 0 Å². The summed E-state index contributed by atoms with van der Waals surface area (Å²) in [6.07, 6.45) is 5.44. The Kier molecular flexibility index (Phi) is 5.10. The predicted molar refractivity (Wildman–Crippen MR) is 84.7 cm³/mol. The largest absolute Gasteiger partial charge is 0.296 e. The Morgan fingerprint density at radius 2 is 1.76 bits per heavy atom. The van der Waals surface area contributed by atoms with Gasteiger partial charge in [0, 0.05) is 0 Å². The summed E-state index contributed by atoms with van der Waals surface area (Å²) in [5, 5.41) is 0. The first-order chi connectivity index (χ1) is 9.87. The molecule has 0 bridgehead atoms. The van der Waals surface area contributed by atoms with E-state index in [1.165, 1.54) is 12.8 Å². The van der Waals surface area contributed by atoms with Gasteiger partial charge in [-0.1, -0.05) is 44.4 Å². The van der Waals surface area contributed by atoms with Crippen molar-refractivity contribution in [2.24, 2.45) is 11.3 Å². The van der Waals surface area contributed by atoms with E-state index in [1.807, 2.05) is 6.92 Å². The van der Waals surface area contributed by atoms with Crippen molar-refractivity contribution in [3.8, 4) is 0 Å². The van der Waals surface area contributed by atoms with Crippen molar-refractivity contribution in [3.05, 3.63) is 29.8 Å². The number of aryl methyl sites for hydroxylation is 1. The van der Waals surface area contributed by atoms with Gasteiger partial charge < -0.3 is 0 Å². The number of benzene rings is 1. The number of hydrogen-bond donors (Lipinski definition) is 0. The Labute approximate surface area is 128 Å². The molecular weight excluding hydrogens is 284 g/mol. The van der Waals surface area contributed by atoms with Crippen LogP contribution < -0.4 is 0 Å². The van der Waals surface area contributed by atoms with Crippen LogP contribution in [0.3, 0.4) is 0 Å². The van der Waals surface area contributed by atoms with Crippen LogP contribution in [0, 0.1) is 18.3 Å². The third kappa shape index (κ3) is 4.07. The SMILES string of the molecule is CCC1(COS(=O)(=O)c2ccc(C)cc2)CCC(C)CC1. The Morgan fingerprint density at radius 1 is 1.19 bits per heavy atom. The molecule has 0 N–H and O–H groups in total. The van der Waals surface area contributed by atoms with Crippen molar-refractivity contribution in [1.29, 1.82) is 0 Å². The van der Waals surface area contributed by atoms with Gasteiger partial charge in [-0.15, -0.1) is 0 Å². The molecule has 0 spiro atoms. The average Bonchev–Trinajstić information content (AvgIpc) is 2.48. The van der Waals surface area contributed by atoms with Gasteiger partial charge in [-0.25, -0.2) is 0 Å². The minimum absolute atomic E-state index is 0.0320. The summed E-state index contributed by atoms with van der Waals surface area (Å²) in [6.45, 7) is 6.65. The number of hydrogen-bond acceptors (Lipinski definition) is 3. The maximum atomic E-state index is 12.3. The standard InChI is InChI=1S/C17H26O3S/c1-4-17(11-9-15(3)10-12-17)13-20-21(18,19)16-7-5-14(2)6-8-16/h5-8,15H,4,9-13H2,1-3H3. The number of rotatable bonds is 5. The summed E-state index contributed by atoms with van der Waals surface area (Å²) < 4.78 is 30.0. The zero-order chi connectivity index (χ0) is 15.5. The molecule has 1 aliphatic carbocycles. The van der Waals surface area contributed by atoms with Crippen molar-refractivity contribution in [3.63, 3.8) is 0 Å². The topological polar surface area (TPSA) is 43.4 Å². The first-order valence-corrected chi connectivity index (χ1v) is 9.24. The first-order valence-electron chi connectivity index (χ1n) is 7.83. The van der Waals surface area contributed by atoms with Crippen LogP contribution in [0.2, 0.25) is 0 Å². The lowest BCUT2D eigenvalue weighted by Crippen LogP contribution is -2.32. The Morgan fingerprint density at radius 3 is 2.29 bits per heavy atom. The highest BCUT2D eigenvalue weighted by molar-refractivity contribution is 7.86. The van der Waals surface area contributed by atoms with Crippen LogP contribution >= 0.6 is 0 Å². The first kappa shape index (κ1) is 16.5. The smallest absolute Gasteiger partial charge is 0.266 e. The molecule has 3 nitrogen and oxygen atoms in total. The van der Waals surface area contributed by atoms with E-state index in [9.17, 15) is 8.42 Å². The van der Waals surface area contributed by atoms with E-state index >= 15 is 0 Å². The molecule has 0 saturated heterocycles. The molecule has 0 aliphatic heterocycles. The molecule has 1 aromatic carbocycles. The molecule has 4 heteroatoms. The van der Waals surface area contributed by atoms with Crippen molar-refractivity contribution < 1.29 is 12.6 Å². The highest BCUT2D eigenvalue weighted by Crippen LogP contribution is 2.42. The Bertz CT molecular complexity index is 552. The fraction of sp³-hybridized carbons (Fsp3) is 0.647. The average molecular weight is 310 g/mol. The van der Waals surface area contributed by atoms with E-state index in [0.717, 1.165) is 30.7 Å². The monoisotopic (exact) mass is 310 g/mol. The lowest BCUT2D eigenvalue weighted by atomic mass is 9.70. The molecule has 0 aromatic heterocycles. The summed E-state index contributed by atoms with van der Waals surface area (Å²) in [6, 6.07) is 6.83. The fourth-order valence-electron chi connectivity index (χ4n) is 2.95. The van der Waals surface area contributed by atoms with E-state index < -0.39 is 10.1 Å². The van der Waals surface area contributed by atoms with Gasteiger partial charge in [-0.3, -0.25) is 4.18 Å². The van der Waals surface area contributed by atoms with Crippen LogP contribution in [-0.2, 0) is 14.3 Å². The molecule has 0 amide bonds. The Balaban J connectivity index is 2.05. The molecule has 0 atom stereocenters. The van der Waals surface area contributed by atoms with Gasteiger partial charge in [0.15, 0.2) is 0 Å². The zero-order valence-electron chi connectivity index (χ0n) is 13.3. The molecule has 118 valence electrons. The molecule has 2 rings (SSSR count). The van der Waals surface area contributed by atoms with Gasteiger partial charge in [0.2, 0.25) is 0 Å². The normalized spacial score (nSPS) is 26.7. The van der Waals surface area contributed by atoms with E-state index in [1.54, 1.807) is 24.3 Å². The lowest BCUT2D eigenvalue weighted by molar-refractivity contribution is 0.0796. The van der Waals surface area contributed by atoms with Crippen LogP contribution in [0.15, 0.2) is 29.2 Å². The summed E-state index contributed by atoms with van der Waals surface area (Å²) >= 11 is 0. The molecule has 1 fully saturated rings. The molecule has 0 unspecified atom stereocenters. The van der Waals surface area contributed by atoms with Crippen LogP contribution in [0.5, 0.6) is 0 Å².